The third-order valence-corrected chi connectivity index (χ3v) is 2.41. The van der Waals surface area contributed by atoms with Crippen molar-refractivity contribution in [2.75, 3.05) is 0 Å². The Bertz CT molecular complexity index is 276. The fraction of sp³-hybridized carbons (Fsp3) is 0.385. The molecule has 0 aromatic rings. The number of hydrogen-bond donors (Lipinski definition) is 0. The Morgan fingerprint density at radius 1 is 1.62 bits per heavy atom. The van der Waals surface area contributed by atoms with E-state index in [9.17, 15) is 0 Å². The summed E-state index contributed by atoms with van der Waals surface area (Å²) in [5.74, 6) is 0.622. The van der Waals surface area contributed by atoms with Crippen LogP contribution in [-0.2, 0) is 0 Å². The van der Waals surface area contributed by atoms with Crippen LogP contribution in [0.3, 0.4) is 0 Å². The van der Waals surface area contributed by atoms with Gasteiger partial charge in [0.2, 0.25) is 0 Å². The van der Waals surface area contributed by atoms with Gasteiger partial charge in [-0.3, -0.25) is 0 Å². The van der Waals surface area contributed by atoms with E-state index in [1.807, 2.05) is 6.08 Å². The van der Waals surface area contributed by atoms with E-state index in [1.165, 1.54) is 16.7 Å². The van der Waals surface area contributed by atoms with Gasteiger partial charge in [0.1, 0.15) is 0 Å². The van der Waals surface area contributed by atoms with Crippen molar-refractivity contribution < 1.29 is 0 Å². The lowest BCUT2D eigenvalue weighted by Crippen LogP contribution is -2.03. The molecule has 1 unspecified atom stereocenters. The minimum absolute atomic E-state index is 0.622. The molecule has 0 aromatic carbocycles. The van der Waals surface area contributed by atoms with Gasteiger partial charge in [0.25, 0.3) is 0 Å². The summed E-state index contributed by atoms with van der Waals surface area (Å²) in [6.45, 7) is 12.1. The van der Waals surface area contributed by atoms with E-state index >= 15 is 0 Å². The SMILES string of the molecule is C=CC1=CC=C(CC(=C)C)CC1C. The normalized spacial score (nSPS) is 21.8. The monoisotopic (exact) mass is 174 g/mol. The molecule has 0 bridgehead atoms. The number of rotatable bonds is 3. The van der Waals surface area contributed by atoms with Gasteiger partial charge in [-0.1, -0.05) is 49.5 Å². The Hall–Kier alpha value is -1.04. The van der Waals surface area contributed by atoms with E-state index in [-0.39, 0.29) is 0 Å². The maximum atomic E-state index is 3.93. The van der Waals surface area contributed by atoms with Crippen molar-refractivity contribution in [2.24, 2.45) is 5.92 Å². The summed E-state index contributed by atoms with van der Waals surface area (Å²) < 4.78 is 0. The molecule has 0 N–H and O–H groups in total. The molecule has 13 heavy (non-hydrogen) atoms. The van der Waals surface area contributed by atoms with E-state index < -0.39 is 0 Å². The minimum Gasteiger partial charge on any atom is -0.0998 e. The van der Waals surface area contributed by atoms with Gasteiger partial charge in [-0.05, 0) is 31.3 Å². The Morgan fingerprint density at radius 2 is 2.31 bits per heavy atom. The molecular weight excluding hydrogens is 156 g/mol. The van der Waals surface area contributed by atoms with Crippen LogP contribution in [0.1, 0.15) is 26.7 Å². The van der Waals surface area contributed by atoms with Crippen LogP contribution >= 0.6 is 0 Å². The maximum absolute atomic E-state index is 3.93. The first kappa shape index (κ1) is 10.0. The zero-order valence-corrected chi connectivity index (χ0v) is 8.64. The van der Waals surface area contributed by atoms with Gasteiger partial charge in [-0.15, -0.1) is 0 Å². The first-order chi connectivity index (χ1) is 6.13. The molecule has 0 spiro atoms. The fourth-order valence-corrected chi connectivity index (χ4v) is 1.75. The summed E-state index contributed by atoms with van der Waals surface area (Å²) in [7, 11) is 0. The van der Waals surface area contributed by atoms with Crippen LogP contribution < -0.4 is 0 Å². The molecule has 0 heterocycles. The largest absolute Gasteiger partial charge is 0.0998 e. The average molecular weight is 174 g/mol. The molecule has 0 heteroatoms. The van der Waals surface area contributed by atoms with Crippen LogP contribution in [0.15, 0.2) is 48.1 Å². The van der Waals surface area contributed by atoms with Crippen molar-refractivity contribution >= 4 is 0 Å². The molecule has 1 aliphatic carbocycles. The lowest BCUT2D eigenvalue weighted by atomic mass is 9.86. The first-order valence-corrected chi connectivity index (χ1v) is 4.80. The molecule has 0 aliphatic heterocycles. The average Bonchev–Trinajstić information content (AvgIpc) is 2.03. The smallest absolute Gasteiger partial charge is 0.0111 e. The summed E-state index contributed by atoms with van der Waals surface area (Å²) >= 11 is 0. The Labute approximate surface area is 81.4 Å². The van der Waals surface area contributed by atoms with Crippen molar-refractivity contribution in [3.63, 3.8) is 0 Å². The summed E-state index contributed by atoms with van der Waals surface area (Å²) in [5, 5.41) is 0. The molecule has 1 rings (SSSR count). The fourth-order valence-electron chi connectivity index (χ4n) is 1.75. The van der Waals surface area contributed by atoms with Crippen LogP contribution in [0.25, 0.3) is 0 Å². The summed E-state index contributed by atoms with van der Waals surface area (Å²) in [6, 6.07) is 0. The zero-order valence-electron chi connectivity index (χ0n) is 8.64. The molecule has 0 aromatic heterocycles. The van der Waals surface area contributed by atoms with Crippen LogP contribution in [0.5, 0.6) is 0 Å². The highest BCUT2D eigenvalue weighted by Crippen LogP contribution is 2.28. The third kappa shape index (κ3) is 2.73. The van der Waals surface area contributed by atoms with Gasteiger partial charge in [-0.2, -0.15) is 0 Å². The maximum Gasteiger partial charge on any atom is -0.0111 e. The van der Waals surface area contributed by atoms with E-state index in [0.29, 0.717) is 5.92 Å². The predicted molar refractivity (Wildman–Crippen MR) is 59.6 cm³/mol. The molecular formula is C13H18. The van der Waals surface area contributed by atoms with E-state index in [0.717, 1.165) is 12.8 Å². The molecule has 0 radical (unpaired) electrons. The second-order valence-corrected chi connectivity index (χ2v) is 3.93. The van der Waals surface area contributed by atoms with Crippen LogP contribution in [0, 0.1) is 5.92 Å². The summed E-state index contributed by atoms with van der Waals surface area (Å²) in [6.07, 6.45) is 8.56. The van der Waals surface area contributed by atoms with Crippen molar-refractivity contribution in [1.29, 1.82) is 0 Å². The highest BCUT2D eigenvalue weighted by molar-refractivity contribution is 5.33. The highest BCUT2D eigenvalue weighted by Gasteiger charge is 2.12. The van der Waals surface area contributed by atoms with Gasteiger partial charge >= 0.3 is 0 Å². The highest BCUT2D eigenvalue weighted by atomic mass is 14.2. The molecule has 70 valence electrons. The van der Waals surface area contributed by atoms with E-state index in [4.69, 9.17) is 0 Å². The molecule has 1 aliphatic rings. The van der Waals surface area contributed by atoms with Gasteiger partial charge in [0, 0.05) is 0 Å². The molecule has 0 saturated carbocycles. The predicted octanol–water partition coefficient (Wildman–Crippen LogP) is 4.03. The Balaban J connectivity index is 2.72. The Kier molecular flexibility index (Phi) is 3.30. The van der Waals surface area contributed by atoms with Gasteiger partial charge in [0.05, 0.1) is 0 Å². The lowest BCUT2D eigenvalue weighted by Gasteiger charge is -2.19. The van der Waals surface area contributed by atoms with Crippen molar-refractivity contribution in [2.45, 2.75) is 26.7 Å². The Morgan fingerprint density at radius 3 is 2.77 bits per heavy atom. The van der Waals surface area contributed by atoms with Crippen molar-refractivity contribution in [3.05, 3.63) is 48.1 Å². The lowest BCUT2D eigenvalue weighted by molar-refractivity contribution is 0.666. The standard InChI is InChI=1S/C13H18/c1-5-13-7-6-12(8-10(2)3)9-11(13)4/h5-7,11H,1-2,8-9H2,3-4H3. The molecule has 0 fully saturated rings. The van der Waals surface area contributed by atoms with Crippen LogP contribution in [0.4, 0.5) is 0 Å². The van der Waals surface area contributed by atoms with Crippen molar-refractivity contribution in [3.8, 4) is 0 Å². The molecule has 0 nitrogen and oxygen atoms in total. The van der Waals surface area contributed by atoms with Gasteiger partial charge in [0.15, 0.2) is 0 Å². The summed E-state index contributed by atoms with van der Waals surface area (Å²) in [4.78, 5) is 0. The van der Waals surface area contributed by atoms with E-state index in [2.05, 4.69) is 39.2 Å². The number of hydrogen-bond acceptors (Lipinski definition) is 0. The molecule has 0 amide bonds. The number of allylic oxidation sites excluding steroid dienone is 6. The summed E-state index contributed by atoms with van der Waals surface area (Å²) in [5.41, 5.74) is 4.09. The second kappa shape index (κ2) is 4.27. The molecule has 1 atom stereocenters. The first-order valence-electron chi connectivity index (χ1n) is 4.80. The van der Waals surface area contributed by atoms with Crippen LogP contribution in [0.2, 0.25) is 0 Å². The molecule has 0 saturated heterocycles. The quantitative estimate of drug-likeness (QED) is 0.567. The van der Waals surface area contributed by atoms with Gasteiger partial charge in [-0.25, -0.2) is 0 Å². The zero-order chi connectivity index (χ0) is 9.84. The topological polar surface area (TPSA) is 0 Å². The van der Waals surface area contributed by atoms with E-state index in [1.54, 1.807) is 0 Å². The second-order valence-electron chi connectivity index (χ2n) is 3.93. The third-order valence-electron chi connectivity index (χ3n) is 2.41. The van der Waals surface area contributed by atoms with Crippen LogP contribution in [-0.4, -0.2) is 0 Å². The minimum atomic E-state index is 0.622. The van der Waals surface area contributed by atoms with Gasteiger partial charge < -0.3 is 0 Å². The van der Waals surface area contributed by atoms with Crippen molar-refractivity contribution in [1.82, 2.24) is 0 Å².